The van der Waals surface area contributed by atoms with E-state index in [4.69, 9.17) is 4.74 Å². The number of carbonyl (C=O) groups is 1. The number of hydrogen-bond donors (Lipinski definition) is 1. The topological polar surface area (TPSA) is 41.6 Å². The molecule has 2 fully saturated rings. The molecule has 1 unspecified atom stereocenters. The summed E-state index contributed by atoms with van der Waals surface area (Å²) in [6, 6.07) is 6.38. The van der Waals surface area contributed by atoms with Crippen LogP contribution in [0.2, 0.25) is 0 Å². The van der Waals surface area contributed by atoms with Crippen LogP contribution in [-0.2, 0) is 9.53 Å². The first-order valence-electron chi connectivity index (χ1n) is 7.57. The fraction of sp³-hybridized carbons (Fsp3) is 0.562. The molecule has 1 amide bonds. The van der Waals surface area contributed by atoms with Crippen molar-refractivity contribution < 1.29 is 13.9 Å². The SMILES string of the molecule is O=C(CN1CCOC(c2ccc(F)cc2)C1)NCC1CC1. The molecule has 1 aliphatic heterocycles. The van der Waals surface area contributed by atoms with Crippen LogP contribution in [0.3, 0.4) is 0 Å². The Labute approximate surface area is 124 Å². The second kappa shape index (κ2) is 6.54. The van der Waals surface area contributed by atoms with Crippen molar-refractivity contribution in [1.82, 2.24) is 10.2 Å². The van der Waals surface area contributed by atoms with Crippen molar-refractivity contribution in [3.05, 3.63) is 35.6 Å². The summed E-state index contributed by atoms with van der Waals surface area (Å²) in [5, 5.41) is 2.98. The number of rotatable bonds is 5. The lowest BCUT2D eigenvalue weighted by molar-refractivity contribution is -0.124. The Balaban J connectivity index is 1.50. The molecule has 21 heavy (non-hydrogen) atoms. The van der Waals surface area contributed by atoms with Gasteiger partial charge >= 0.3 is 0 Å². The number of ether oxygens (including phenoxy) is 1. The zero-order valence-corrected chi connectivity index (χ0v) is 12.1. The van der Waals surface area contributed by atoms with Gasteiger partial charge in [0.05, 0.1) is 19.3 Å². The van der Waals surface area contributed by atoms with Gasteiger partial charge in [0.2, 0.25) is 5.91 Å². The number of nitrogens with zero attached hydrogens (tertiary/aromatic N) is 1. The van der Waals surface area contributed by atoms with Gasteiger partial charge in [-0.1, -0.05) is 12.1 Å². The second-order valence-electron chi connectivity index (χ2n) is 5.89. The van der Waals surface area contributed by atoms with Crippen molar-refractivity contribution in [3.63, 3.8) is 0 Å². The monoisotopic (exact) mass is 292 g/mol. The summed E-state index contributed by atoms with van der Waals surface area (Å²) in [7, 11) is 0. The van der Waals surface area contributed by atoms with E-state index >= 15 is 0 Å². The Hall–Kier alpha value is -1.46. The van der Waals surface area contributed by atoms with Gasteiger partial charge in [0.25, 0.3) is 0 Å². The number of morpholine rings is 1. The number of nitrogens with one attached hydrogen (secondary N) is 1. The van der Waals surface area contributed by atoms with Crippen molar-refractivity contribution in [3.8, 4) is 0 Å². The van der Waals surface area contributed by atoms with Crippen LogP contribution in [0, 0.1) is 11.7 Å². The molecule has 1 aliphatic carbocycles. The maximum atomic E-state index is 13.0. The van der Waals surface area contributed by atoms with Crippen molar-refractivity contribution in [2.75, 3.05) is 32.8 Å². The number of benzene rings is 1. The normalized spacial score (nSPS) is 23.0. The molecule has 0 bridgehead atoms. The Kier molecular flexibility index (Phi) is 4.51. The average molecular weight is 292 g/mol. The molecule has 5 heteroatoms. The standard InChI is InChI=1S/C16H21FN2O2/c17-14-5-3-13(4-6-14)15-10-19(7-8-21-15)11-16(20)18-9-12-1-2-12/h3-6,12,15H,1-2,7-11H2,(H,18,20). The van der Waals surface area contributed by atoms with Crippen LogP contribution in [0.25, 0.3) is 0 Å². The Morgan fingerprint density at radius 1 is 1.33 bits per heavy atom. The average Bonchev–Trinajstić information content (AvgIpc) is 3.30. The molecule has 0 aromatic heterocycles. The molecular formula is C16H21FN2O2. The molecular weight excluding hydrogens is 271 g/mol. The molecule has 0 spiro atoms. The lowest BCUT2D eigenvalue weighted by atomic mass is 10.1. The van der Waals surface area contributed by atoms with Crippen LogP contribution in [0.1, 0.15) is 24.5 Å². The first kappa shape index (κ1) is 14.5. The zero-order valence-electron chi connectivity index (χ0n) is 12.1. The van der Waals surface area contributed by atoms with E-state index < -0.39 is 0 Å². The van der Waals surface area contributed by atoms with Crippen LogP contribution in [0.15, 0.2) is 24.3 Å². The van der Waals surface area contributed by atoms with Crippen molar-refractivity contribution in [2.45, 2.75) is 18.9 Å². The third-order valence-corrected chi connectivity index (χ3v) is 4.04. The maximum Gasteiger partial charge on any atom is 0.234 e. The Morgan fingerprint density at radius 3 is 2.81 bits per heavy atom. The van der Waals surface area contributed by atoms with E-state index in [1.54, 1.807) is 12.1 Å². The van der Waals surface area contributed by atoms with E-state index in [9.17, 15) is 9.18 Å². The molecule has 1 saturated carbocycles. The van der Waals surface area contributed by atoms with Crippen molar-refractivity contribution in [1.29, 1.82) is 0 Å². The number of hydrogen-bond acceptors (Lipinski definition) is 3. The highest BCUT2D eigenvalue weighted by atomic mass is 19.1. The van der Waals surface area contributed by atoms with Gasteiger partial charge in [-0.2, -0.15) is 0 Å². The van der Waals surface area contributed by atoms with Crippen LogP contribution in [0.5, 0.6) is 0 Å². The van der Waals surface area contributed by atoms with Gasteiger partial charge in [-0.05, 0) is 36.5 Å². The first-order chi connectivity index (χ1) is 10.2. The number of halogens is 1. The highest BCUT2D eigenvalue weighted by Gasteiger charge is 2.25. The minimum Gasteiger partial charge on any atom is -0.371 e. The van der Waals surface area contributed by atoms with E-state index in [-0.39, 0.29) is 17.8 Å². The number of carbonyl (C=O) groups excluding carboxylic acids is 1. The molecule has 1 N–H and O–H groups in total. The molecule has 0 radical (unpaired) electrons. The summed E-state index contributed by atoms with van der Waals surface area (Å²) in [4.78, 5) is 14.0. The maximum absolute atomic E-state index is 13.0. The van der Waals surface area contributed by atoms with Crippen LogP contribution in [0.4, 0.5) is 4.39 Å². The Morgan fingerprint density at radius 2 is 2.10 bits per heavy atom. The summed E-state index contributed by atoms with van der Waals surface area (Å²) in [6.45, 7) is 3.24. The smallest absolute Gasteiger partial charge is 0.234 e. The molecule has 2 aliphatic rings. The molecule has 1 heterocycles. The van der Waals surface area contributed by atoms with E-state index in [0.29, 0.717) is 25.6 Å². The number of amides is 1. The van der Waals surface area contributed by atoms with E-state index in [0.717, 1.165) is 18.7 Å². The van der Waals surface area contributed by atoms with Gasteiger partial charge in [-0.3, -0.25) is 9.69 Å². The van der Waals surface area contributed by atoms with E-state index in [1.165, 1.54) is 25.0 Å². The third-order valence-electron chi connectivity index (χ3n) is 4.04. The van der Waals surface area contributed by atoms with Crippen molar-refractivity contribution in [2.24, 2.45) is 5.92 Å². The molecule has 1 atom stereocenters. The van der Waals surface area contributed by atoms with Crippen LogP contribution >= 0.6 is 0 Å². The largest absolute Gasteiger partial charge is 0.371 e. The lowest BCUT2D eigenvalue weighted by Crippen LogP contribution is -2.44. The quantitative estimate of drug-likeness (QED) is 0.898. The predicted octanol–water partition coefficient (Wildman–Crippen LogP) is 1.73. The van der Waals surface area contributed by atoms with E-state index in [2.05, 4.69) is 10.2 Å². The highest BCUT2D eigenvalue weighted by Crippen LogP contribution is 2.27. The zero-order chi connectivity index (χ0) is 14.7. The molecule has 114 valence electrons. The predicted molar refractivity (Wildman–Crippen MR) is 77.3 cm³/mol. The third kappa shape index (κ3) is 4.25. The van der Waals surface area contributed by atoms with Crippen LogP contribution in [-0.4, -0.2) is 43.6 Å². The molecule has 4 nitrogen and oxygen atoms in total. The second-order valence-corrected chi connectivity index (χ2v) is 5.89. The summed E-state index contributed by atoms with van der Waals surface area (Å²) in [5.41, 5.74) is 0.958. The van der Waals surface area contributed by atoms with Gasteiger partial charge in [-0.25, -0.2) is 4.39 Å². The summed E-state index contributed by atoms with van der Waals surface area (Å²) >= 11 is 0. The van der Waals surface area contributed by atoms with Crippen molar-refractivity contribution >= 4 is 5.91 Å². The van der Waals surface area contributed by atoms with Crippen LogP contribution < -0.4 is 5.32 Å². The summed E-state index contributed by atoms with van der Waals surface area (Å²) < 4.78 is 18.7. The Bertz CT molecular complexity index is 488. The fourth-order valence-electron chi connectivity index (χ4n) is 2.56. The van der Waals surface area contributed by atoms with Gasteiger partial charge in [0.1, 0.15) is 5.82 Å². The molecule has 1 saturated heterocycles. The fourth-order valence-corrected chi connectivity index (χ4v) is 2.56. The van der Waals surface area contributed by atoms with Gasteiger partial charge in [0.15, 0.2) is 0 Å². The van der Waals surface area contributed by atoms with Gasteiger partial charge < -0.3 is 10.1 Å². The highest BCUT2D eigenvalue weighted by molar-refractivity contribution is 5.78. The molecule has 1 aromatic carbocycles. The lowest BCUT2D eigenvalue weighted by Gasteiger charge is -2.32. The van der Waals surface area contributed by atoms with E-state index in [1.807, 2.05) is 0 Å². The van der Waals surface area contributed by atoms with Gasteiger partial charge in [0, 0.05) is 19.6 Å². The minimum absolute atomic E-state index is 0.0849. The minimum atomic E-state index is -0.245. The summed E-state index contributed by atoms with van der Waals surface area (Å²) in [5.74, 6) is 0.540. The first-order valence-corrected chi connectivity index (χ1v) is 7.57. The summed E-state index contributed by atoms with van der Waals surface area (Å²) in [6.07, 6.45) is 2.39. The van der Waals surface area contributed by atoms with Gasteiger partial charge in [-0.15, -0.1) is 0 Å². The molecule has 1 aromatic rings. The molecule has 3 rings (SSSR count).